The van der Waals surface area contributed by atoms with Crippen molar-refractivity contribution in [2.75, 3.05) is 27.9 Å². The van der Waals surface area contributed by atoms with Crippen LogP contribution >= 0.6 is 11.6 Å². The largest absolute Gasteiger partial charge is 0.496 e. The molecule has 0 spiro atoms. The molecule has 2 heterocycles. The highest BCUT2D eigenvalue weighted by molar-refractivity contribution is 6.34. The summed E-state index contributed by atoms with van der Waals surface area (Å²) >= 11 is 6.71. The van der Waals surface area contributed by atoms with Crippen molar-refractivity contribution in [1.29, 1.82) is 0 Å². The quantitative estimate of drug-likeness (QED) is 0.249. The number of aromatic nitrogens is 4. The number of rotatable bonds is 11. The zero-order valence-corrected chi connectivity index (χ0v) is 24.0. The van der Waals surface area contributed by atoms with E-state index in [-0.39, 0.29) is 81.8 Å². The van der Waals surface area contributed by atoms with Crippen LogP contribution in [0.15, 0.2) is 29.1 Å². The average Bonchev–Trinajstić information content (AvgIpc) is 3.30. The SMILES string of the molecule is CCOC(=O)c1c(OCc2c(F)cccc2OC)cc(-n2c(=O)[nH]c3c(OC)nc(COC(C)=O)nc32)c(Cl)c1OC. The second-order valence-electron chi connectivity index (χ2n) is 8.44. The third kappa shape index (κ3) is 5.79. The number of carbonyl (C=O) groups excluding carboxylic acids is 2. The normalized spacial score (nSPS) is 10.8. The Balaban J connectivity index is 1.96. The van der Waals surface area contributed by atoms with E-state index >= 15 is 0 Å². The zero-order valence-electron chi connectivity index (χ0n) is 23.2. The van der Waals surface area contributed by atoms with Gasteiger partial charge in [-0.15, -0.1) is 0 Å². The Kier molecular flexibility index (Phi) is 9.15. The Hall–Kier alpha value is -4.85. The molecule has 0 saturated heterocycles. The Morgan fingerprint density at radius 1 is 1.05 bits per heavy atom. The second-order valence-corrected chi connectivity index (χ2v) is 8.82. The van der Waals surface area contributed by atoms with Gasteiger partial charge in [0.25, 0.3) is 0 Å². The van der Waals surface area contributed by atoms with E-state index in [9.17, 15) is 18.8 Å². The van der Waals surface area contributed by atoms with Crippen LogP contribution in [0.5, 0.6) is 23.1 Å². The number of hydrogen-bond donors (Lipinski definition) is 1. The minimum absolute atomic E-state index is 0.00330. The van der Waals surface area contributed by atoms with E-state index in [1.165, 1.54) is 46.5 Å². The minimum Gasteiger partial charge on any atom is -0.496 e. The molecule has 0 saturated carbocycles. The summed E-state index contributed by atoms with van der Waals surface area (Å²) in [6.45, 7) is 2.16. The Bertz CT molecular complexity index is 1720. The highest BCUT2D eigenvalue weighted by Gasteiger charge is 2.29. The van der Waals surface area contributed by atoms with Crippen molar-refractivity contribution in [3.05, 3.63) is 62.5 Å². The van der Waals surface area contributed by atoms with E-state index in [1.54, 1.807) is 13.0 Å². The number of fused-ring (bicyclic) bond motifs is 1. The lowest BCUT2D eigenvalue weighted by Crippen LogP contribution is -2.18. The van der Waals surface area contributed by atoms with E-state index in [4.69, 9.17) is 40.0 Å². The first-order chi connectivity index (χ1) is 20.1. The highest BCUT2D eigenvalue weighted by Crippen LogP contribution is 2.42. The number of methoxy groups -OCH3 is 3. The maximum absolute atomic E-state index is 14.7. The Morgan fingerprint density at radius 2 is 1.81 bits per heavy atom. The van der Waals surface area contributed by atoms with Crippen molar-refractivity contribution in [3.8, 4) is 28.8 Å². The predicted molar refractivity (Wildman–Crippen MR) is 146 cm³/mol. The van der Waals surface area contributed by atoms with Gasteiger partial charge in [0.05, 0.1) is 39.2 Å². The van der Waals surface area contributed by atoms with Crippen molar-refractivity contribution in [3.63, 3.8) is 0 Å². The molecule has 0 bridgehead atoms. The fourth-order valence-electron chi connectivity index (χ4n) is 4.09. The first-order valence-electron chi connectivity index (χ1n) is 12.4. The molecule has 13 nitrogen and oxygen atoms in total. The molecule has 4 aromatic rings. The minimum atomic E-state index is -0.836. The van der Waals surface area contributed by atoms with Gasteiger partial charge in [0.1, 0.15) is 40.0 Å². The van der Waals surface area contributed by atoms with Gasteiger partial charge in [-0.25, -0.2) is 23.5 Å². The molecular weight excluding hydrogens is 579 g/mol. The average molecular weight is 605 g/mol. The lowest BCUT2D eigenvalue weighted by molar-refractivity contribution is -0.142. The van der Waals surface area contributed by atoms with Gasteiger partial charge in [0, 0.05) is 13.0 Å². The van der Waals surface area contributed by atoms with Crippen LogP contribution in [0.3, 0.4) is 0 Å². The summed E-state index contributed by atoms with van der Waals surface area (Å²) in [6, 6.07) is 5.54. The molecule has 0 fully saturated rings. The summed E-state index contributed by atoms with van der Waals surface area (Å²) in [5.41, 5.74) is -0.744. The number of imidazole rings is 1. The molecule has 42 heavy (non-hydrogen) atoms. The number of nitrogens with zero attached hydrogens (tertiary/aromatic N) is 3. The van der Waals surface area contributed by atoms with Crippen molar-refractivity contribution < 1.29 is 42.4 Å². The van der Waals surface area contributed by atoms with Crippen molar-refractivity contribution >= 4 is 34.7 Å². The van der Waals surface area contributed by atoms with Gasteiger partial charge in [-0.3, -0.25) is 9.78 Å². The van der Waals surface area contributed by atoms with Gasteiger partial charge in [-0.1, -0.05) is 17.7 Å². The first-order valence-corrected chi connectivity index (χ1v) is 12.7. The number of benzene rings is 2. The molecule has 1 N–H and O–H groups in total. The molecule has 0 aliphatic rings. The van der Waals surface area contributed by atoms with Crippen molar-refractivity contribution in [2.24, 2.45) is 0 Å². The van der Waals surface area contributed by atoms with Crippen LogP contribution in [-0.4, -0.2) is 59.4 Å². The van der Waals surface area contributed by atoms with Gasteiger partial charge in [-0.2, -0.15) is 4.98 Å². The van der Waals surface area contributed by atoms with E-state index in [0.717, 1.165) is 4.57 Å². The molecular formula is C27H26ClFN4O9. The molecule has 2 aromatic heterocycles. The number of hydrogen-bond acceptors (Lipinski definition) is 11. The zero-order chi connectivity index (χ0) is 30.6. The number of ether oxygens (including phenoxy) is 6. The number of carbonyl (C=O) groups is 2. The molecule has 0 unspecified atom stereocenters. The molecule has 0 aliphatic carbocycles. The number of nitrogens with one attached hydrogen (secondary N) is 1. The molecule has 0 amide bonds. The third-order valence-electron chi connectivity index (χ3n) is 5.91. The van der Waals surface area contributed by atoms with Crippen LogP contribution in [0.4, 0.5) is 4.39 Å². The van der Waals surface area contributed by atoms with Crippen LogP contribution in [0.2, 0.25) is 5.02 Å². The molecule has 0 atom stereocenters. The number of esters is 2. The maximum Gasteiger partial charge on any atom is 0.345 e. The van der Waals surface area contributed by atoms with Crippen LogP contribution < -0.4 is 24.6 Å². The van der Waals surface area contributed by atoms with Crippen LogP contribution in [-0.2, 0) is 27.5 Å². The van der Waals surface area contributed by atoms with Crippen molar-refractivity contribution in [1.82, 2.24) is 19.5 Å². The van der Waals surface area contributed by atoms with Gasteiger partial charge in [0.15, 0.2) is 23.8 Å². The third-order valence-corrected chi connectivity index (χ3v) is 6.27. The van der Waals surface area contributed by atoms with E-state index in [0.29, 0.717) is 0 Å². The van der Waals surface area contributed by atoms with Crippen LogP contribution in [0.1, 0.15) is 35.6 Å². The molecule has 0 aliphatic heterocycles. The maximum atomic E-state index is 14.7. The summed E-state index contributed by atoms with van der Waals surface area (Å²) in [5, 5.41) is -0.168. The van der Waals surface area contributed by atoms with Gasteiger partial charge in [-0.05, 0) is 19.1 Å². The lowest BCUT2D eigenvalue weighted by atomic mass is 10.1. The van der Waals surface area contributed by atoms with Gasteiger partial charge in [0.2, 0.25) is 5.88 Å². The highest BCUT2D eigenvalue weighted by atomic mass is 35.5. The summed E-state index contributed by atoms with van der Waals surface area (Å²) in [4.78, 5) is 48.8. The van der Waals surface area contributed by atoms with Gasteiger partial charge < -0.3 is 28.4 Å². The fourth-order valence-corrected chi connectivity index (χ4v) is 4.40. The van der Waals surface area contributed by atoms with Gasteiger partial charge >= 0.3 is 17.6 Å². The number of halogens is 2. The molecule has 0 radical (unpaired) electrons. The van der Waals surface area contributed by atoms with E-state index < -0.39 is 23.4 Å². The standard InChI is InChI=1S/C27H26ClFN4O9/c1-6-40-26(35)20-18(42-11-14-15(29)8-7-9-17(14)37-3)10-16(21(28)23(20)38-4)33-24-22(32-27(33)36)25(39-5)31-19(30-24)12-41-13(2)34/h7-10H,6,11-12H2,1-5H3,(H,32,36). The summed E-state index contributed by atoms with van der Waals surface area (Å²) in [5.74, 6) is -2.10. The number of aromatic amines is 1. The lowest BCUT2D eigenvalue weighted by Gasteiger charge is -2.19. The van der Waals surface area contributed by atoms with Crippen LogP contribution in [0.25, 0.3) is 16.9 Å². The molecule has 2 aromatic carbocycles. The summed E-state index contributed by atoms with van der Waals surface area (Å²) in [6.07, 6.45) is 0. The molecule has 15 heteroatoms. The predicted octanol–water partition coefficient (Wildman–Crippen LogP) is 3.75. The second kappa shape index (κ2) is 12.8. The Morgan fingerprint density at radius 3 is 2.45 bits per heavy atom. The van der Waals surface area contributed by atoms with Crippen LogP contribution in [0, 0.1) is 5.82 Å². The molecule has 4 rings (SSSR count). The summed E-state index contributed by atoms with van der Waals surface area (Å²) in [7, 11) is 3.97. The van der Waals surface area contributed by atoms with E-state index in [2.05, 4.69) is 15.0 Å². The monoisotopic (exact) mass is 604 g/mol. The van der Waals surface area contributed by atoms with Crippen molar-refractivity contribution in [2.45, 2.75) is 27.1 Å². The fraction of sp³-hybridized carbons (Fsp3) is 0.296. The first kappa shape index (κ1) is 30.1. The number of H-pyrrole nitrogens is 1. The Labute approximate surface area is 243 Å². The smallest absolute Gasteiger partial charge is 0.345 e. The summed E-state index contributed by atoms with van der Waals surface area (Å²) < 4.78 is 47.9. The molecule has 222 valence electrons. The topological polar surface area (TPSA) is 153 Å². The van der Waals surface area contributed by atoms with E-state index in [1.807, 2.05) is 0 Å².